The maximum absolute atomic E-state index is 10.1. The maximum Gasteiger partial charge on any atom is 0.123 e. The van der Waals surface area contributed by atoms with Gasteiger partial charge in [-0.25, -0.2) is 0 Å². The third kappa shape index (κ3) is 3.56. The molecule has 0 aliphatic carbocycles. The fourth-order valence-corrected chi connectivity index (χ4v) is 2.73. The predicted molar refractivity (Wildman–Crippen MR) is 92.0 cm³/mol. The first-order valence-corrected chi connectivity index (χ1v) is 7.74. The van der Waals surface area contributed by atoms with Crippen LogP contribution in [0.2, 0.25) is 0 Å². The van der Waals surface area contributed by atoms with Gasteiger partial charge in [0.15, 0.2) is 0 Å². The Kier molecular flexibility index (Phi) is 4.55. The van der Waals surface area contributed by atoms with Crippen molar-refractivity contribution in [1.82, 2.24) is 0 Å². The molecular weight excluding hydrogens is 268 g/mol. The fraction of sp³-hybridized carbons (Fsp3) is 0.143. The molecule has 0 aromatic heterocycles. The molecule has 0 saturated carbocycles. The van der Waals surface area contributed by atoms with Crippen molar-refractivity contribution in [2.75, 3.05) is 0 Å². The number of benzene rings is 3. The largest absolute Gasteiger partial charge is 0.507 e. The molecule has 0 bridgehead atoms. The molecule has 0 atom stereocenters. The number of aromatic hydroxyl groups is 1. The second-order valence-corrected chi connectivity index (χ2v) is 5.56. The highest BCUT2D eigenvalue weighted by Gasteiger charge is 2.05. The van der Waals surface area contributed by atoms with Crippen molar-refractivity contribution in [2.24, 2.45) is 0 Å². The Morgan fingerprint density at radius 2 is 1.27 bits per heavy atom. The van der Waals surface area contributed by atoms with Gasteiger partial charge in [0.25, 0.3) is 0 Å². The molecule has 22 heavy (non-hydrogen) atoms. The van der Waals surface area contributed by atoms with E-state index in [4.69, 9.17) is 0 Å². The first-order chi connectivity index (χ1) is 10.8. The second-order valence-electron chi connectivity index (χ2n) is 5.56. The van der Waals surface area contributed by atoms with E-state index in [-0.39, 0.29) is 0 Å². The zero-order chi connectivity index (χ0) is 15.2. The summed E-state index contributed by atoms with van der Waals surface area (Å²) in [6.07, 6.45) is 3.22. The van der Waals surface area contributed by atoms with Gasteiger partial charge in [-0.15, -0.1) is 0 Å². The monoisotopic (exact) mass is 288 g/mol. The molecule has 0 radical (unpaired) electrons. The van der Waals surface area contributed by atoms with E-state index < -0.39 is 0 Å². The smallest absolute Gasteiger partial charge is 0.123 e. The summed E-state index contributed by atoms with van der Waals surface area (Å²) in [5.74, 6) is 0.345. The van der Waals surface area contributed by atoms with E-state index in [0.29, 0.717) is 5.75 Å². The van der Waals surface area contributed by atoms with Crippen molar-refractivity contribution in [3.8, 4) is 16.9 Å². The fourth-order valence-electron chi connectivity index (χ4n) is 2.73. The standard InChI is InChI=1S/C21H20O/c22-21-15-14-18(11-7-10-17-8-3-1-4-9-17)16-20(21)19-12-5-2-6-13-19/h1-6,8-9,12-16,22H,7,10-11H2. The van der Waals surface area contributed by atoms with Crippen LogP contribution >= 0.6 is 0 Å². The molecule has 0 amide bonds. The van der Waals surface area contributed by atoms with Crippen molar-refractivity contribution in [3.05, 3.63) is 90.0 Å². The van der Waals surface area contributed by atoms with Crippen molar-refractivity contribution >= 4 is 0 Å². The summed E-state index contributed by atoms with van der Waals surface area (Å²) >= 11 is 0. The van der Waals surface area contributed by atoms with Crippen LogP contribution in [0, 0.1) is 0 Å². The summed E-state index contributed by atoms with van der Waals surface area (Å²) < 4.78 is 0. The van der Waals surface area contributed by atoms with Crippen LogP contribution in [0.3, 0.4) is 0 Å². The molecule has 0 heterocycles. The van der Waals surface area contributed by atoms with Gasteiger partial charge in [0.1, 0.15) is 5.75 Å². The summed E-state index contributed by atoms with van der Waals surface area (Å²) in [5.41, 5.74) is 4.62. The van der Waals surface area contributed by atoms with E-state index >= 15 is 0 Å². The average Bonchev–Trinajstić information content (AvgIpc) is 2.58. The lowest BCUT2D eigenvalue weighted by Crippen LogP contribution is -1.91. The molecule has 110 valence electrons. The Morgan fingerprint density at radius 3 is 2.00 bits per heavy atom. The lowest BCUT2D eigenvalue weighted by Gasteiger charge is -2.08. The molecule has 0 saturated heterocycles. The van der Waals surface area contributed by atoms with Gasteiger partial charge in [0, 0.05) is 5.56 Å². The molecule has 3 rings (SSSR count). The second kappa shape index (κ2) is 6.95. The number of phenolic OH excluding ortho intramolecular Hbond substituents is 1. The summed E-state index contributed by atoms with van der Waals surface area (Å²) in [6, 6.07) is 26.5. The molecule has 3 aromatic rings. The van der Waals surface area contributed by atoms with Gasteiger partial charge in [-0.2, -0.15) is 0 Å². The van der Waals surface area contributed by atoms with Gasteiger partial charge in [-0.3, -0.25) is 0 Å². The summed E-state index contributed by atoms with van der Waals surface area (Å²) in [5, 5.41) is 10.1. The van der Waals surface area contributed by atoms with Crippen molar-refractivity contribution in [1.29, 1.82) is 0 Å². The van der Waals surface area contributed by atoms with E-state index in [1.807, 2.05) is 36.4 Å². The Labute approximate surface area is 131 Å². The van der Waals surface area contributed by atoms with Gasteiger partial charge in [0.05, 0.1) is 0 Å². The van der Waals surface area contributed by atoms with Gasteiger partial charge >= 0.3 is 0 Å². The minimum atomic E-state index is 0.345. The number of phenols is 1. The molecule has 0 aliphatic rings. The summed E-state index contributed by atoms with van der Waals surface area (Å²) in [7, 11) is 0. The normalized spacial score (nSPS) is 10.5. The quantitative estimate of drug-likeness (QED) is 0.681. The van der Waals surface area contributed by atoms with Gasteiger partial charge < -0.3 is 5.11 Å². The highest BCUT2D eigenvalue weighted by molar-refractivity contribution is 5.70. The molecular formula is C21H20O. The topological polar surface area (TPSA) is 20.2 Å². The molecule has 0 aliphatic heterocycles. The Bertz CT molecular complexity index is 717. The van der Waals surface area contributed by atoms with E-state index in [2.05, 4.69) is 36.4 Å². The van der Waals surface area contributed by atoms with Crippen LogP contribution in [-0.2, 0) is 12.8 Å². The van der Waals surface area contributed by atoms with Crippen LogP contribution in [0.15, 0.2) is 78.9 Å². The molecule has 0 fully saturated rings. The Morgan fingerprint density at radius 1 is 0.636 bits per heavy atom. The minimum absolute atomic E-state index is 0.345. The van der Waals surface area contributed by atoms with Crippen LogP contribution in [0.4, 0.5) is 0 Å². The Hall–Kier alpha value is -2.54. The highest BCUT2D eigenvalue weighted by Crippen LogP contribution is 2.30. The summed E-state index contributed by atoms with van der Waals surface area (Å²) in [4.78, 5) is 0. The van der Waals surface area contributed by atoms with Crippen molar-refractivity contribution in [2.45, 2.75) is 19.3 Å². The average molecular weight is 288 g/mol. The Balaban J connectivity index is 1.70. The number of aryl methyl sites for hydroxylation is 2. The van der Waals surface area contributed by atoms with Crippen LogP contribution in [0.1, 0.15) is 17.5 Å². The third-order valence-electron chi connectivity index (χ3n) is 3.92. The number of hydrogen-bond acceptors (Lipinski definition) is 1. The molecule has 0 spiro atoms. The van der Waals surface area contributed by atoms with Gasteiger partial charge in [0.2, 0.25) is 0 Å². The molecule has 0 unspecified atom stereocenters. The van der Waals surface area contributed by atoms with E-state index in [1.165, 1.54) is 11.1 Å². The van der Waals surface area contributed by atoms with E-state index in [1.54, 1.807) is 6.07 Å². The number of rotatable bonds is 5. The maximum atomic E-state index is 10.1. The van der Waals surface area contributed by atoms with E-state index in [0.717, 1.165) is 30.4 Å². The zero-order valence-electron chi connectivity index (χ0n) is 12.6. The lowest BCUT2D eigenvalue weighted by atomic mass is 9.98. The molecule has 3 aromatic carbocycles. The molecule has 1 heteroatoms. The first-order valence-electron chi connectivity index (χ1n) is 7.74. The minimum Gasteiger partial charge on any atom is -0.507 e. The van der Waals surface area contributed by atoms with Crippen LogP contribution in [0.25, 0.3) is 11.1 Å². The SMILES string of the molecule is Oc1ccc(CCCc2ccccc2)cc1-c1ccccc1. The lowest BCUT2D eigenvalue weighted by molar-refractivity contribution is 0.477. The predicted octanol–water partition coefficient (Wildman–Crippen LogP) is 5.23. The van der Waals surface area contributed by atoms with Crippen LogP contribution in [-0.4, -0.2) is 5.11 Å². The highest BCUT2D eigenvalue weighted by atomic mass is 16.3. The third-order valence-corrected chi connectivity index (χ3v) is 3.92. The zero-order valence-corrected chi connectivity index (χ0v) is 12.6. The molecule has 1 nitrogen and oxygen atoms in total. The van der Waals surface area contributed by atoms with E-state index in [9.17, 15) is 5.11 Å². The van der Waals surface area contributed by atoms with Crippen LogP contribution < -0.4 is 0 Å². The first kappa shape index (κ1) is 14.4. The van der Waals surface area contributed by atoms with Crippen molar-refractivity contribution < 1.29 is 5.11 Å². The van der Waals surface area contributed by atoms with Gasteiger partial charge in [-0.05, 0) is 48.1 Å². The van der Waals surface area contributed by atoms with Crippen molar-refractivity contribution in [3.63, 3.8) is 0 Å². The van der Waals surface area contributed by atoms with Crippen LogP contribution in [0.5, 0.6) is 5.75 Å². The summed E-state index contributed by atoms with van der Waals surface area (Å²) in [6.45, 7) is 0. The molecule has 1 N–H and O–H groups in total. The van der Waals surface area contributed by atoms with Gasteiger partial charge in [-0.1, -0.05) is 66.7 Å². The number of hydrogen-bond donors (Lipinski definition) is 1.